The van der Waals surface area contributed by atoms with Crippen molar-refractivity contribution >= 4 is 88.4 Å². The van der Waals surface area contributed by atoms with Crippen molar-refractivity contribution in [2.75, 3.05) is 4.90 Å². The standard InChI is InChI=1S/C40H25N3O2/c1-2-6-29-24(5-1)9-11-26-12-10-25-13-14-27(19-32(25)39(26)29)43(28-15-16-37-33(20-28)31-17-18-41-23-38(31)44-37)35-22-42-21-34-30-7-3-4-8-36(30)45-40(34)35/h1-22,41H,23H2. The number of para-hydroxylation sites is 1. The highest BCUT2D eigenvalue weighted by atomic mass is 16.3. The van der Waals surface area contributed by atoms with Crippen LogP contribution in [0.2, 0.25) is 0 Å². The van der Waals surface area contributed by atoms with Crippen LogP contribution in [0.1, 0.15) is 11.3 Å². The maximum atomic E-state index is 6.57. The summed E-state index contributed by atoms with van der Waals surface area (Å²) in [4.78, 5) is 7.01. The van der Waals surface area contributed by atoms with Crippen molar-refractivity contribution in [1.29, 1.82) is 0 Å². The topological polar surface area (TPSA) is 54.4 Å². The zero-order chi connectivity index (χ0) is 29.5. The first-order valence-electron chi connectivity index (χ1n) is 15.2. The predicted molar refractivity (Wildman–Crippen MR) is 184 cm³/mol. The average Bonchev–Trinajstić information content (AvgIpc) is 3.67. The lowest BCUT2D eigenvalue weighted by Gasteiger charge is -2.26. The Morgan fingerprint density at radius 2 is 1.31 bits per heavy atom. The molecule has 0 saturated carbocycles. The maximum absolute atomic E-state index is 6.57. The first-order valence-corrected chi connectivity index (χ1v) is 15.2. The number of aromatic nitrogens is 1. The van der Waals surface area contributed by atoms with Gasteiger partial charge in [-0.2, -0.15) is 0 Å². The molecule has 1 N–H and O–H groups in total. The van der Waals surface area contributed by atoms with Crippen LogP contribution in [-0.2, 0) is 6.54 Å². The van der Waals surface area contributed by atoms with E-state index in [0.717, 1.165) is 61.3 Å². The van der Waals surface area contributed by atoms with Crippen molar-refractivity contribution in [2.45, 2.75) is 6.54 Å². The van der Waals surface area contributed by atoms with E-state index >= 15 is 0 Å². The van der Waals surface area contributed by atoms with Gasteiger partial charge < -0.3 is 19.1 Å². The van der Waals surface area contributed by atoms with E-state index < -0.39 is 0 Å². The van der Waals surface area contributed by atoms with E-state index in [1.54, 1.807) is 0 Å². The zero-order valence-corrected chi connectivity index (χ0v) is 24.1. The number of fused-ring (bicyclic) bond motifs is 11. The number of benzene rings is 6. The third-order valence-electron chi connectivity index (χ3n) is 9.15. The van der Waals surface area contributed by atoms with Crippen molar-refractivity contribution < 1.29 is 8.83 Å². The average molecular weight is 580 g/mol. The van der Waals surface area contributed by atoms with Gasteiger partial charge >= 0.3 is 0 Å². The smallest absolute Gasteiger partial charge is 0.162 e. The molecule has 5 nitrogen and oxygen atoms in total. The van der Waals surface area contributed by atoms with Crippen LogP contribution in [0, 0.1) is 0 Å². The van der Waals surface area contributed by atoms with Crippen LogP contribution in [0.3, 0.4) is 0 Å². The minimum atomic E-state index is 0.674. The molecule has 0 aliphatic carbocycles. The van der Waals surface area contributed by atoms with Crippen LogP contribution in [0.25, 0.3) is 71.3 Å². The Bertz CT molecular complexity index is 2670. The molecule has 3 aromatic heterocycles. The molecule has 6 aromatic carbocycles. The van der Waals surface area contributed by atoms with Gasteiger partial charge in [0.1, 0.15) is 22.6 Å². The molecule has 0 radical (unpaired) electrons. The lowest BCUT2D eigenvalue weighted by atomic mass is 9.96. The molecule has 4 heterocycles. The highest BCUT2D eigenvalue weighted by molar-refractivity contribution is 6.21. The second-order valence-corrected chi connectivity index (χ2v) is 11.7. The number of nitrogens with one attached hydrogen (secondary N) is 1. The molecule has 0 atom stereocenters. The van der Waals surface area contributed by atoms with Gasteiger partial charge in [0, 0.05) is 39.3 Å². The van der Waals surface area contributed by atoms with Crippen LogP contribution < -0.4 is 10.2 Å². The second kappa shape index (κ2) is 9.21. The Morgan fingerprint density at radius 3 is 2.22 bits per heavy atom. The van der Waals surface area contributed by atoms with Gasteiger partial charge in [-0.15, -0.1) is 0 Å². The summed E-state index contributed by atoms with van der Waals surface area (Å²) in [6.07, 6.45) is 7.88. The molecule has 0 spiro atoms. The molecule has 10 rings (SSSR count). The predicted octanol–water partition coefficient (Wildman–Crippen LogP) is 10.7. The summed E-state index contributed by atoms with van der Waals surface area (Å²) >= 11 is 0. The van der Waals surface area contributed by atoms with Gasteiger partial charge in [0.25, 0.3) is 0 Å². The van der Waals surface area contributed by atoms with E-state index in [0.29, 0.717) is 6.54 Å². The lowest BCUT2D eigenvalue weighted by Crippen LogP contribution is -2.11. The van der Waals surface area contributed by atoms with E-state index in [4.69, 9.17) is 13.8 Å². The van der Waals surface area contributed by atoms with E-state index in [2.05, 4.69) is 107 Å². The summed E-state index contributed by atoms with van der Waals surface area (Å²) in [5.41, 5.74) is 6.52. The fraction of sp³-hybridized carbons (Fsp3) is 0.0250. The molecule has 1 aliphatic heterocycles. The zero-order valence-electron chi connectivity index (χ0n) is 24.1. The molecular weight excluding hydrogens is 554 g/mol. The molecule has 0 bridgehead atoms. The number of furan rings is 2. The van der Waals surface area contributed by atoms with Crippen LogP contribution in [0.15, 0.2) is 137 Å². The van der Waals surface area contributed by atoms with Gasteiger partial charge in [0.2, 0.25) is 0 Å². The largest absolute Gasteiger partial charge is 0.459 e. The van der Waals surface area contributed by atoms with Gasteiger partial charge in [-0.3, -0.25) is 4.98 Å². The van der Waals surface area contributed by atoms with Gasteiger partial charge in [0.05, 0.1) is 12.7 Å². The Balaban J connectivity index is 1.29. The fourth-order valence-corrected chi connectivity index (χ4v) is 7.07. The summed E-state index contributed by atoms with van der Waals surface area (Å²) in [6, 6.07) is 38.8. The minimum Gasteiger partial charge on any atom is -0.459 e. The molecule has 212 valence electrons. The molecule has 9 aromatic rings. The van der Waals surface area contributed by atoms with Crippen molar-refractivity contribution in [1.82, 2.24) is 10.3 Å². The van der Waals surface area contributed by atoms with Crippen molar-refractivity contribution in [3.8, 4) is 0 Å². The molecule has 1 aliphatic rings. The number of pyridine rings is 1. The van der Waals surface area contributed by atoms with Gasteiger partial charge in [-0.05, 0) is 81.0 Å². The van der Waals surface area contributed by atoms with E-state index in [-0.39, 0.29) is 0 Å². The third-order valence-corrected chi connectivity index (χ3v) is 9.15. The summed E-state index contributed by atoms with van der Waals surface area (Å²) in [5, 5.41) is 13.7. The summed E-state index contributed by atoms with van der Waals surface area (Å²) in [6.45, 7) is 0.674. The van der Waals surface area contributed by atoms with Gasteiger partial charge in [-0.25, -0.2) is 0 Å². The second-order valence-electron chi connectivity index (χ2n) is 11.7. The van der Waals surface area contributed by atoms with E-state index in [1.807, 2.05) is 36.8 Å². The molecule has 0 amide bonds. The normalized spacial score (nSPS) is 12.9. The lowest BCUT2D eigenvalue weighted by molar-refractivity contribution is 0.532. The number of hydrogen-bond acceptors (Lipinski definition) is 5. The molecule has 0 unspecified atom stereocenters. The maximum Gasteiger partial charge on any atom is 0.162 e. The van der Waals surface area contributed by atoms with Crippen molar-refractivity contribution in [3.63, 3.8) is 0 Å². The van der Waals surface area contributed by atoms with E-state index in [9.17, 15) is 0 Å². The number of nitrogens with zero attached hydrogens (tertiary/aromatic N) is 2. The summed E-state index contributed by atoms with van der Waals surface area (Å²) < 4.78 is 12.8. The fourth-order valence-electron chi connectivity index (χ4n) is 7.07. The third kappa shape index (κ3) is 3.58. The monoisotopic (exact) mass is 579 g/mol. The molecule has 0 fully saturated rings. The van der Waals surface area contributed by atoms with Crippen LogP contribution >= 0.6 is 0 Å². The van der Waals surface area contributed by atoms with Crippen LogP contribution in [-0.4, -0.2) is 4.98 Å². The van der Waals surface area contributed by atoms with Gasteiger partial charge in [0.15, 0.2) is 5.58 Å². The Labute approximate surface area is 257 Å². The van der Waals surface area contributed by atoms with Gasteiger partial charge in [-0.1, -0.05) is 72.8 Å². The van der Waals surface area contributed by atoms with Crippen LogP contribution in [0.4, 0.5) is 17.1 Å². The molecule has 45 heavy (non-hydrogen) atoms. The number of rotatable bonds is 3. The highest BCUT2D eigenvalue weighted by Crippen LogP contribution is 2.44. The Morgan fingerprint density at radius 1 is 0.600 bits per heavy atom. The van der Waals surface area contributed by atoms with E-state index in [1.165, 1.54) is 32.3 Å². The number of hydrogen-bond donors (Lipinski definition) is 1. The number of anilines is 3. The minimum absolute atomic E-state index is 0.674. The molecular formula is C40H25N3O2. The first-order chi connectivity index (χ1) is 22.3. The molecule has 5 heteroatoms. The molecule has 0 saturated heterocycles. The SMILES string of the molecule is C1=Cc2c(oc3ccc(N(c4ccc5ccc6ccc7ccccc7c6c5c4)c4cncc5c4oc4ccccc45)cc23)CN1. The Hall–Kier alpha value is -6.07. The van der Waals surface area contributed by atoms with Crippen molar-refractivity contribution in [2.24, 2.45) is 0 Å². The van der Waals surface area contributed by atoms with Crippen molar-refractivity contribution in [3.05, 3.63) is 139 Å². The quantitative estimate of drug-likeness (QED) is 0.211. The Kier molecular flexibility index (Phi) is 4.99. The van der Waals surface area contributed by atoms with Crippen LogP contribution in [0.5, 0.6) is 0 Å². The summed E-state index contributed by atoms with van der Waals surface area (Å²) in [5.74, 6) is 0.946. The first kappa shape index (κ1) is 24.4. The highest BCUT2D eigenvalue weighted by Gasteiger charge is 2.23. The summed E-state index contributed by atoms with van der Waals surface area (Å²) in [7, 11) is 0.